The average Bonchev–Trinajstić information content (AvgIpc) is 2.66. The van der Waals surface area contributed by atoms with Crippen LogP contribution in [0.4, 0.5) is 0 Å². The molecule has 3 nitrogen and oxygen atoms in total. The fraction of sp³-hybridized carbons (Fsp3) is 0.455. The molecule has 18 heavy (non-hydrogen) atoms. The molecule has 1 aromatic carbocycles. The smallest absolute Gasteiger partial charge is 0.208 e. The number of nitrogens with one attached hydrogen (secondary N) is 1. The van der Waals surface area contributed by atoms with Crippen LogP contribution in [0.5, 0.6) is 0 Å². The Bertz CT molecular complexity index is 533. The highest BCUT2D eigenvalue weighted by Gasteiger charge is 2.27. The molecule has 0 amide bonds. The number of hydrogen-bond donors (Lipinski definition) is 1. The summed E-state index contributed by atoms with van der Waals surface area (Å²) in [6.45, 7) is 0. The maximum absolute atomic E-state index is 12.2. The number of hydrogen-bond acceptors (Lipinski definition) is 2. The van der Waals surface area contributed by atoms with Crippen molar-refractivity contribution in [3.63, 3.8) is 0 Å². The van der Waals surface area contributed by atoms with Gasteiger partial charge in [-0.05, 0) is 25.0 Å². The van der Waals surface area contributed by atoms with E-state index in [1.165, 1.54) is 12.1 Å². The summed E-state index contributed by atoms with van der Waals surface area (Å²) < 4.78 is 27.8. The summed E-state index contributed by atoms with van der Waals surface area (Å²) >= 11 is 15.2. The lowest BCUT2D eigenvalue weighted by molar-refractivity contribution is 0.552. The van der Waals surface area contributed by atoms with Gasteiger partial charge in [-0.2, -0.15) is 0 Å². The molecule has 1 aliphatic rings. The minimum atomic E-state index is -3.66. The molecule has 0 aromatic heterocycles. The monoisotopic (exact) mass is 371 g/mol. The Kier molecular flexibility index (Phi) is 4.60. The first kappa shape index (κ1) is 14.6. The zero-order valence-electron chi connectivity index (χ0n) is 9.42. The van der Waals surface area contributed by atoms with Crippen molar-refractivity contribution in [3.8, 4) is 0 Å². The standard InChI is InChI=1S/C11H12BrCl2NO2S/c12-7-5-9(13)11(10(14)6-7)18(16,17)15-8-3-1-2-4-8/h5-6,8,15H,1-4H2. The molecular formula is C11H12BrCl2NO2S. The summed E-state index contributed by atoms with van der Waals surface area (Å²) in [5.74, 6) is 0. The van der Waals surface area contributed by atoms with Crippen molar-refractivity contribution in [2.45, 2.75) is 36.6 Å². The van der Waals surface area contributed by atoms with Crippen LogP contribution >= 0.6 is 39.1 Å². The van der Waals surface area contributed by atoms with Crippen LogP contribution in [0.1, 0.15) is 25.7 Å². The number of benzene rings is 1. The first-order chi connectivity index (χ1) is 8.40. The van der Waals surface area contributed by atoms with Gasteiger partial charge >= 0.3 is 0 Å². The maximum atomic E-state index is 12.2. The van der Waals surface area contributed by atoms with E-state index >= 15 is 0 Å². The van der Waals surface area contributed by atoms with Crippen molar-refractivity contribution in [1.82, 2.24) is 4.72 Å². The molecule has 0 atom stereocenters. The molecule has 1 fully saturated rings. The van der Waals surface area contributed by atoms with Crippen molar-refractivity contribution < 1.29 is 8.42 Å². The van der Waals surface area contributed by atoms with Crippen LogP contribution in [0, 0.1) is 0 Å². The Morgan fingerprint density at radius 1 is 1.17 bits per heavy atom. The van der Waals surface area contributed by atoms with Crippen LogP contribution in [0.3, 0.4) is 0 Å². The highest BCUT2D eigenvalue weighted by molar-refractivity contribution is 9.10. The van der Waals surface area contributed by atoms with E-state index in [0.717, 1.165) is 25.7 Å². The lowest BCUT2D eigenvalue weighted by Gasteiger charge is -2.14. The molecule has 0 bridgehead atoms. The van der Waals surface area contributed by atoms with Crippen LogP contribution in [-0.2, 0) is 10.0 Å². The molecule has 1 N–H and O–H groups in total. The average molecular weight is 373 g/mol. The topological polar surface area (TPSA) is 46.2 Å². The Morgan fingerprint density at radius 2 is 1.67 bits per heavy atom. The number of sulfonamides is 1. The Balaban J connectivity index is 2.34. The summed E-state index contributed by atoms with van der Waals surface area (Å²) in [7, 11) is -3.66. The van der Waals surface area contributed by atoms with E-state index in [-0.39, 0.29) is 21.0 Å². The molecule has 2 rings (SSSR count). The van der Waals surface area contributed by atoms with E-state index < -0.39 is 10.0 Å². The third-order valence-corrected chi connectivity index (χ3v) is 5.81. The molecule has 0 unspecified atom stereocenters. The van der Waals surface area contributed by atoms with Crippen molar-refractivity contribution in [3.05, 3.63) is 26.7 Å². The van der Waals surface area contributed by atoms with Crippen LogP contribution in [0.2, 0.25) is 10.0 Å². The Morgan fingerprint density at radius 3 is 2.17 bits per heavy atom. The van der Waals surface area contributed by atoms with Gasteiger partial charge in [-0.25, -0.2) is 13.1 Å². The Hall–Kier alpha value is 0.190. The summed E-state index contributed by atoms with van der Waals surface area (Å²) in [6.07, 6.45) is 3.83. The van der Waals surface area contributed by atoms with E-state index in [1.54, 1.807) is 0 Å². The van der Waals surface area contributed by atoms with Gasteiger partial charge in [-0.1, -0.05) is 52.0 Å². The second kappa shape index (κ2) is 5.67. The summed E-state index contributed by atoms with van der Waals surface area (Å²) in [4.78, 5) is -0.0408. The van der Waals surface area contributed by atoms with Gasteiger partial charge in [0.1, 0.15) is 4.90 Å². The minimum Gasteiger partial charge on any atom is -0.208 e. The lowest BCUT2D eigenvalue weighted by atomic mass is 10.3. The van der Waals surface area contributed by atoms with Crippen LogP contribution in [-0.4, -0.2) is 14.5 Å². The van der Waals surface area contributed by atoms with Gasteiger partial charge in [0.2, 0.25) is 10.0 Å². The van der Waals surface area contributed by atoms with E-state index in [9.17, 15) is 8.42 Å². The lowest BCUT2D eigenvalue weighted by Crippen LogP contribution is -2.33. The van der Waals surface area contributed by atoms with Crippen molar-refractivity contribution >= 4 is 49.2 Å². The summed E-state index contributed by atoms with van der Waals surface area (Å²) in [5.41, 5.74) is 0. The van der Waals surface area contributed by atoms with Gasteiger partial charge in [0.05, 0.1) is 10.0 Å². The van der Waals surface area contributed by atoms with Crippen molar-refractivity contribution in [1.29, 1.82) is 0 Å². The molecule has 1 saturated carbocycles. The highest BCUT2D eigenvalue weighted by Crippen LogP contribution is 2.33. The third kappa shape index (κ3) is 3.20. The highest BCUT2D eigenvalue weighted by atomic mass is 79.9. The molecular weight excluding hydrogens is 361 g/mol. The van der Waals surface area contributed by atoms with E-state index in [2.05, 4.69) is 20.7 Å². The molecule has 0 radical (unpaired) electrons. The second-order valence-corrected chi connectivity index (χ2v) is 7.68. The van der Waals surface area contributed by atoms with Crippen LogP contribution in [0.15, 0.2) is 21.5 Å². The zero-order valence-corrected chi connectivity index (χ0v) is 13.3. The minimum absolute atomic E-state index is 0.00854. The fourth-order valence-electron chi connectivity index (χ4n) is 2.11. The molecule has 0 saturated heterocycles. The maximum Gasteiger partial charge on any atom is 0.243 e. The molecule has 1 aliphatic carbocycles. The molecule has 0 aliphatic heterocycles. The van der Waals surface area contributed by atoms with E-state index in [4.69, 9.17) is 23.2 Å². The third-order valence-electron chi connectivity index (χ3n) is 2.91. The molecule has 1 aromatic rings. The largest absolute Gasteiger partial charge is 0.243 e. The van der Waals surface area contributed by atoms with Gasteiger partial charge < -0.3 is 0 Å². The second-order valence-electron chi connectivity index (χ2n) is 4.30. The molecule has 7 heteroatoms. The van der Waals surface area contributed by atoms with Crippen LogP contribution in [0.25, 0.3) is 0 Å². The van der Waals surface area contributed by atoms with Crippen LogP contribution < -0.4 is 4.72 Å². The van der Waals surface area contributed by atoms with Crippen molar-refractivity contribution in [2.75, 3.05) is 0 Å². The Labute approximate surface area is 125 Å². The zero-order chi connectivity index (χ0) is 13.3. The summed E-state index contributed by atoms with van der Waals surface area (Å²) in [5, 5.41) is 0.250. The van der Waals surface area contributed by atoms with Crippen molar-refractivity contribution in [2.24, 2.45) is 0 Å². The van der Waals surface area contributed by atoms with Gasteiger partial charge in [0, 0.05) is 10.5 Å². The van der Waals surface area contributed by atoms with Gasteiger partial charge in [-0.15, -0.1) is 0 Å². The first-order valence-electron chi connectivity index (χ1n) is 5.57. The quantitative estimate of drug-likeness (QED) is 0.872. The van der Waals surface area contributed by atoms with Gasteiger partial charge in [0.25, 0.3) is 0 Å². The first-order valence-corrected chi connectivity index (χ1v) is 8.60. The summed E-state index contributed by atoms with van der Waals surface area (Å²) in [6, 6.07) is 3.04. The predicted molar refractivity (Wildman–Crippen MR) is 76.7 cm³/mol. The molecule has 0 heterocycles. The van der Waals surface area contributed by atoms with E-state index in [0.29, 0.717) is 4.47 Å². The van der Waals surface area contributed by atoms with Gasteiger partial charge in [0.15, 0.2) is 0 Å². The SMILES string of the molecule is O=S(=O)(NC1CCCC1)c1c(Cl)cc(Br)cc1Cl. The molecule has 100 valence electrons. The molecule has 0 spiro atoms. The normalized spacial score (nSPS) is 17.3. The van der Waals surface area contributed by atoms with E-state index in [1.807, 2.05) is 0 Å². The number of halogens is 3. The fourth-order valence-corrected chi connectivity index (χ4v) is 5.35. The van der Waals surface area contributed by atoms with Gasteiger partial charge in [-0.3, -0.25) is 0 Å². The predicted octanol–water partition coefficient (Wildman–Crippen LogP) is 3.98. The number of rotatable bonds is 3.